The zero-order valence-electron chi connectivity index (χ0n) is 18.2. The van der Waals surface area contributed by atoms with Crippen molar-refractivity contribution in [2.45, 2.75) is 77.8 Å². The highest BCUT2D eigenvalue weighted by Gasteiger charge is 2.61. The fraction of sp³-hybridized carbons (Fsp3) is 0.957. The topological polar surface area (TPSA) is 53.3 Å². The lowest BCUT2D eigenvalue weighted by atomic mass is 9.46. The predicted molar refractivity (Wildman–Crippen MR) is 108 cm³/mol. The molecule has 0 saturated heterocycles. The molecule has 29 heavy (non-hydrogen) atoms. The lowest BCUT2D eigenvalue weighted by Crippen LogP contribution is -2.53. The van der Waals surface area contributed by atoms with Crippen molar-refractivity contribution >= 4 is 5.71 Å². The van der Waals surface area contributed by atoms with Crippen molar-refractivity contribution in [2.24, 2.45) is 40.4 Å². The van der Waals surface area contributed by atoms with Crippen molar-refractivity contribution in [2.75, 3.05) is 20.3 Å². The summed E-state index contributed by atoms with van der Waals surface area (Å²) in [7, 11) is 1.73. The van der Waals surface area contributed by atoms with E-state index in [2.05, 4.69) is 6.92 Å². The number of aliphatic hydroxyl groups is 1. The molecule has 0 aromatic rings. The lowest BCUT2D eigenvalue weighted by molar-refractivity contribution is -0.106. The number of hydrogen-bond acceptors (Lipinski definition) is 3. The number of halogens is 3. The van der Waals surface area contributed by atoms with Crippen LogP contribution in [-0.2, 0) is 4.74 Å². The Morgan fingerprint density at radius 3 is 2.45 bits per heavy atom. The largest absolute Gasteiger partial charge is 0.429 e. The van der Waals surface area contributed by atoms with E-state index in [4.69, 9.17) is 10.1 Å². The maximum atomic E-state index is 13.3. The van der Waals surface area contributed by atoms with Gasteiger partial charge in [0.15, 0.2) is 0 Å². The van der Waals surface area contributed by atoms with Crippen LogP contribution in [0.5, 0.6) is 0 Å². The maximum Gasteiger partial charge on any atom is 0.429 e. The number of hydrogen-bond donors (Lipinski definition) is 2. The summed E-state index contributed by atoms with van der Waals surface area (Å²) in [6.07, 6.45) is 3.51. The molecule has 3 aliphatic rings. The van der Waals surface area contributed by atoms with Gasteiger partial charge in [-0.1, -0.05) is 13.8 Å². The van der Waals surface area contributed by atoms with Crippen LogP contribution in [0.25, 0.3) is 0 Å². The first-order chi connectivity index (χ1) is 13.6. The number of alkyl halides is 3. The molecule has 0 aromatic heterocycles. The molecule has 7 unspecified atom stereocenters. The fourth-order valence-corrected chi connectivity index (χ4v) is 7.79. The quantitative estimate of drug-likeness (QED) is 0.510. The minimum atomic E-state index is -4.51. The Morgan fingerprint density at radius 2 is 1.83 bits per heavy atom. The normalized spacial score (nSPS) is 42.4. The summed E-state index contributed by atoms with van der Waals surface area (Å²) in [4.78, 5) is 0. The molecule has 3 saturated carbocycles. The second-order valence-electron chi connectivity index (χ2n) is 10.4. The molecule has 3 fully saturated rings. The number of methoxy groups -OCH3 is 1. The van der Waals surface area contributed by atoms with Gasteiger partial charge >= 0.3 is 6.18 Å². The number of rotatable bonds is 7. The van der Waals surface area contributed by atoms with E-state index in [1.165, 1.54) is 0 Å². The van der Waals surface area contributed by atoms with Crippen LogP contribution in [0.2, 0.25) is 0 Å². The molecule has 0 radical (unpaired) electrons. The standard InChI is InChI=1S/C23H38F3NO2/c1-21(11-4-13-28)15(10-14-29-3)5-6-16-17-7-8-19(20(27)23(24,25)26)22(17,2)12-9-18(16)21/h15-19,27-28H,4-14H2,1-3H3. The summed E-state index contributed by atoms with van der Waals surface area (Å²) in [6, 6.07) is 0. The molecule has 0 heterocycles. The van der Waals surface area contributed by atoms with Crippen molar-refractivity contribution in [3.8, 4) is 0 Å². The smallest absolute Gasteiger partial charge is 0.396 e. The monoisotopic (exact) mass is 417 g/mol. The summed E-state index contributed by atoms with van der Waals surface area (Å²) < 4.78 is 45.4. The van der Waals surface area contributed by atoms with E-state index in [-0.39, 0.29) is 17.9 Å². The van der Waals surface area contributed by atoms with Crippen LogP contribution in [0, 0.1) is 45.8 Å². The SMILES string of the molecule is COCCC1CCC2C(CCC3(C)C(C(=N)C(F)(F)F)CCC23)C1(C)CCCO. The molecule has 168 valence electrons. The number of ether oxygens (including phenoxy) is 1. The van der Waals surface area contributed by atoms with E-state index < -0.39 is 23.2 Å². The average molecular weight is 418 g/mol. The van der Waals surface area contributed by atoms with Gasteiger partial charge in [0.05, 0.1) is 0 Å². The van der Waals surface area contributed by atoms with Crippen LogP contribution < -0.4 is 0 Å². The van der Waals surface area contributed by atoms with Crippen LogP contribution in [0.15, 0.2) is 0 Å². The number of aliphatic hydroxyl groups excluding tert-OH is 1. The van der Waals surface area contributed by atoms with Crippen molar-refractivity contribution in [1.29, 1.82) is 5.41 Å². The van der Waals surface area contributed by atoms with Crippen LogP contribution >= 0.6 is 0 Å². The van der Waals surface area contributed by atoms with Crippen molar-refractivity contribution in [3.05, 3.63) is 0 Å². The molecular weight excluding hydrogens is 379 g/mol. The van der Waals surface area contributed by atoms with Crippen molar-refractivity contribution in [1.82, 2.24) is 0 Å². The molecule has 0 bridgehead atoms. The highest BCUT2D eigenvalue weighted by atomic mass is 19.4. The van der Waals surface area contributed by atoms with Gasteiger partial charge in [-0.25, -0.2) is 0 Å². The Kier molecular flexibility index (Phi) is 6.75. The third-order valence-corrected chi connectivity index (χ3v) is 9.26. The second kappa shape index (κ2) is 8.49. The molecule has 3 nitrogen and oxygen atoms in total. The highest BCUT2D eigenvalue weighted by molar-refractivity contribution is 5.90. The van der Waals surface area contributed by atoms with Crippen LogP contribution in [-0.4, -0.2) is 37.3 Å². The van der Waals surface area contributed by atoms with Gasteiger partial charge in [0.2, 0.25) is 0 Å². The van der Waals surface area contributed by atoms with Crippen molar-refractivity contribution < 1.29 is 23.0 Å². The Labute approximate surface area is 173 Å². The first-order valence-corrected chi connectivity index (χ1v) is 11.3. The highest BCUT2D eigenvalue weighted by Crippen LogP contribution is 2.67. The molecule has 0 amide bonds. The molecule has 0 spiro atoms. The molecule has 6 heteroatoms. The van der Waals surface area contributed by atoms with Crippen molar-refractivity contribution in [3.63, 3.8) is 0 Å². The van der Waals surface area contributed by atoms with Gasteiger partial charge in [-0.2, -0.15) is 13.2 Å². The van der Waals surface area contributed by atoms with E-state index >= 15 is 0 Å². The Hall–Kier alpha value is -0.620. The summed E-state index contributed by atoms with van der Waals surface area (Å²) in [6.45, 7) is 5.33. The van der Waals surface area contributed by atoms with E-state index in [0.29, 0.717) is 24.2 Å². The molecule has 2 N–H and O–H groups in total. The molecule has 0 aliphatic heterocycles. The van der Waals surface area contributed by atoms with Crippen LogP contribution in [0.1, 0.15) is 71.6 Å². The Bertz CT molecular complexity index is 595. The second-order valence-corrected chi connectivity index (χ2v) is 10.4. The number of nitrogens with one attached hydrogen (secondary N) is 1. The zero-order chi connectivity index (χ0) is 21.4. The zero-order valence-corrected chi connectivity index (χ0v) is 18.2. The van der Waals surface area contributed by atoms with E-state index in [9.17, 15) is 18.3 Å². The molecular formula is C23H38F3NO2. The predicted octanol–water partition coefficient (Wildman–Crippen LogP) is 5.85. The molecule has 3 rings (SSSR count). The van der Waals surface area contributed by atoms with Gasteiger partial charge in [-0.15, -0.1) is 0 Å². The minimum absolute atomic E-state index is 0.112. The van der Waals surface area contributed by atoms with E-state index in [1.54, 1.807) is 7.11 Å². The van der Waals surface area contributed by atoms with Gasteiger partial charge < -0.3 is 15.3 Å². The fourth-order valence-electron chi connectivity index (χ4n) is 7.79. The van der Waals surface area contributed by atoms with Crippen LogP contribution in [0.3, 0.4) is 0 Å². The third kappa shape index (κ3) is 4.00. The van der Waals surface area contributed by atoms with E-state index in [1.807, 2.05) is 6.92 Å². The summed E-state index contributed by atoms with van der Waals surface area (Å²) in [5, 5.41) is 17.3. The third-order valence-electron chi connectivity index (χ3n) is 9.26. The molecule has 0 aromatic carbocycles. The minimum Gasteiger partial charge on any atom is -0.396 e. The van der Waals surface area contributed by atoms with Gasteiger partial charge in [0, 0.05) is 26.2 Å². The van der Waals surface area contributed by atoms with Gasteiger partial charge in [-0.3, -0.25) is 0 Å². The summed E-state index contributed by atoms with van der Waals surface area (Å²) >= 11 is 0. The Balaban J connectivity index is 1.85. The summed E-state index contributed by atoms with van der Waals surface area (Å²) in [5.74, 6) is 1.13. The first kappa shape index (κ1) is 23.1. The lowest BCUT2D eigenvalue weighted by Gasteiger charge is -2.59. The number of fused-ring (bicyclic) bond motifs is 3. The summed E-state index contributed by atoms with van der Waals surface area (Å²) in [5.41, 5.74) is -1.29. The van der Waals surface area contributed by atoms with Gasteiger partial charge in [-0.05, 0) is 92.3 Å². The van der Waals surface area contributed by atoms with Gasteiger partial charge in [0.1, 0.15) is 5.71 Å². The molecule has 7 atom stereocenters. The maximum absolute atomic E-state index is 13.3. The van der Waals surface area contributed by atoms with Crippen LogP contribution in [0.4, 0.5) is 13.2 Å². The molecule has 3 aliphatic carbocycles. The Morgan fingerprint density at radius 1 is 1.10 bits per heavy atom. The first-order valence-electron chi connectivity index (χ1n) is 11.3. The average Bonchev–Trinajstić information content (AvgIpc) is 3.01. The van der Waals surface area contributed by atoms with Gasteiger partial charge in [0.25, 0.3) is 0 Å². The van der Waals surface area contributed by atoms with E-state index in [0.717, 1.165) is 58.0 Å².